The van der Waals surface area contributed by atoms with Crippen LogP contribution < -0.4 is 0 Å². The second-order valence-electron chi connectivity index (χ2n) is 8.45. The molecule has 0 unspecified atom stereocenters. The topological polar surface area (TPSA) is 39.4 Å². The Bertz CT molecular complexity index is 721. The molecule has 2 aliphatic carbocycles. The first-order valence-corrected chi connectivity index (χ1v) is 9.72. The third kappa shape index (κ3) is 3.22. The van der Waals surface area contributed by atoms with Gasteiger partial charge in [-0.25, -0.2) is 0 Å². The van der Waals surface area contributed by atoms with Gasteiger partial charge in [0.15, 0.2) is 6.61 Å². The zero-order chi connectivity index (χ0) is 18.8. The van der Waals surface area contributed by atoms with Crippen molar-refractivity contribution in [2.75, 3.05) is 6.61 Å². The lowest BCUT2D eigenvalue weighted by molar-refractivity contribution is -0.164. The standard InChI is InChI=1S/C23H30O3/c1-5-14-26-21(24)23(4)13-6-12-22(3)19(17(2)7-10-20(22)23)9-8-18-11-15-25-16-18/h1,11,15-16,20H,6-10,12-14H2,2-4H3/t20-,22-,23+/m1/s1. The highest BCUT2D eigenvalue weighted by molar-refractivity contribution is 5.77. The van der Waals surface area contributed by atoms with Gasteiger partial charge in [-0.1, -0.05) is 30.4 Å². The van der Waals surface area contributed by atoms with Gasteiger partial charge in [0.05, 0.1) is 17.9 Å². The highest BCUT2D eigenvalue weighted by Crippen LogP contribution is 2.60. The SMILES string of the molecule is C#CCOC(=O)[C@@]1(C)CCC[C@]2(C)C(CCc3ccoc3)=C(C)CC[C@@H]12. The monoisotopic (exact) mass is 354 g/mol. The van der Waals surface area contributed by atoms with Gasteiger partial charge >= 0.3 is 5.97 Å². The van der Waals surface area contributed by atoms with Crippen LogP contribution in [-0.2, 0) is 16.0 Å². The maximum Gasteiger partial charge on any atom is 0.313 e. The van der Waals surface area contributed by atoms with Crippen LogP contribution in [-0.4, -0.2) is 12.6 Å². The first-order chi connectivity index (χ1) is 12.4. The summed E-state index contributed by atoms with van der Waals surface area (Å²) >= 11 is 0. The normalized spacial score (nSPS) is 31.2. The van der Waals surface area contributed by atoms with Crippen LogP contribution >= 0.6 is 0 Å². The van der Waals surface area contributed by atoms with Crippen molar-refractivity contribution in [1.82, 2.24) is 0 Å². The Balaban J connectivity index is 1.86. The van der Waals surface area contributed by atoms with E-state index in [0.29, 0.717) is 5.92 Å². The second kappa shape index (κ2) is 7.35. The van der Waals surface area contributed by atoms with E-state index in [1.807, 2.05) is 12.3 Å². The van der Waals surface area contributed by atoms with Gasteiger partial charge in [-0.2, -0.15) is 0 Å². The number of allylic oxidation sites excluding steroid dienone is 2. The summed E-state index contributed by atoms with van der Waals surface area (Å²) in [4.78, 5) is 12.9. The van der Waals surface area contributed by atoms with Crippen LogP contribution in [0.4, 0.5) is 0 Å². The molecule has 0 spiro atoms. The lowest BCUT2D eigenvalue weighted by Gasteiger charge is -2.55. The molecule has 2 aliphatic rings. The Labute approximate surface area is 157 Å². The molecule has 0 N–H and O–H groups in total. The average Bonchev–Trinajstić information content (AvgIpc) is 3.12. The fraction of sp³-hybridized carbons (Fsp3) is 0.609. The van der Waals surface area contributed by atoms with Crippen molar-refractivity contribution in [3.63, 3.8) is 0 Å². The van der Waals surface area contributed by atoms with Gasteiger partial charge < -0.3 is 9.15 Å². The van der Waals surface area contributed by atoms with Crippen LogP contribution in [0.3, 0.4) is 0 Å². The summed E-state index contributed by atoms with van der Waals surface area (Å²) in [6.45, 7) is 6.81. The Morgan fingerprint density at radius 2 is 2.19 bits per heavy atom. The molecule has 3 nitrogen and oxygen atoms in total. The van der Waals surface area contributed by atoms with Gasteiger partial charge in [0, 0.05) is 0 Å². The quantitative estimate of drug-likeness (QED) is 0.408. The molecule has 1 fully saturated rings. The summed E-state index contributed by atoms with van der Waals surface area (Å²) in [6.07, 6.45) is 16.1. The third-order valence-electron chi connectivity index (χ3n) is 6.94. The van der Waals surface area contributed by atoms with Crippen LogP contribution in [0.1, 0.15) is 64.9 Å². The zero-order valence-electron chi connectivity index (χ0n) is 16.3. The lowest BCUT2D eigenvalue weighted by atomic mass is 9.49. The molecule has 1 heterocycles. The van der Waals surface area contributed by atoms with Gasteiger partial charge in [0.25, 0.3) is 0 Å². The molecule has 0 aliphatic heterocycles. The van der Waals surface area contributed by atoms with E-state index in [9.17, 15) is 4.79 Å². The van der Waals surface area contributed by atoms with Gasteiger partial charge in [0.2, 0.25) is 0 Å². The third-order valence-corrected chi connectivity index (χ3v) is 6.94. The van der Waals surface area contributed by atoms with Gasteiger partial charge in [-0.3, -0.25) is 4.79 Å². The number of hydrogen-bond donors (Lipinski definition) is 0. The van der Waals surface area contributed by atoms with E-state index in [-0.39, 0.29) is 18.0 Å². The van der Waals surface area contributed by atoms with Crippen molar-refractivity contribution < 1.29 is 13.9 Å². The molecule has 1 aromatic rings. The summed E-state index contributed by atoms with van der Waals surface area (Å²) < 4.78 is 10.6. The highest BCUT2D eigenvalue weighted by Gasteiger charge is 2.55. The van der Waals surface area contributed by atoms with Crippen LogP contribution in [0, 0.1) is 29.1 Å². The Kier molecular flexibility index (Phi) is 5.32. The molecule has 1 aromatic heterocycles. The molecule has 3 rings (SSSR count). The molecule has 3 heteroatoms. The first-order valence-electron chi connectivity index (χ1n) is 9.72. The minimum absolute atomic E-state index is 0.0637. The van der Waals surface area contributed by atoms with Gasteiger partial charge in [-0.15, -0.1) is 6.42 Å². The summed E-state index contributed by atoms with van der Waals surface area (Å²) in [6, 6.07) is 2.04. The smallest absolute Gasteiger partial charge is 0.313 e. The predicted octanol–water partition coefficient (Wildman–Crippen LogP) is 5.31. The Morgan fingerprint density at radius 3 is 2.88 bits per heavy atom. The predicted molar refractivity (Wildman–Crippen MR) is 102 cm³/mol. The fourth-order valence-electron chi connectivity index (χ4n) is 5.59. The molecule has 140 valence electrons. The van der Waals surface area contributed by atoms with Crippen molar-refractivity contribution in [1.29, 1.82) is 0 Å². The number of hydrogen-bond acceptors (Lipinski definition) is 3. The molecule has 1 saturated carbocycles. The summed E-state index contributed by atoms with van der Waals surface area (Å²) in [7, 11) is 0. The molecular weight excluding hydrogens is 324 g/mol. The van der Waals surface area contributed by atoms with E-state index in [0.717, 1.165) is 44.9 Å². The number of fused-ring (bicyclic) bond motifs is 1. The van der Waals surface area contributed by atoms with Crippen LogP contribution in [0.15, 0.2) is 34.2 Å². The number of aryl methyl sites for hydroxylation is 1. The van der Waals surface area contributed by atoms with E-state index < -0.39 is 5.41 Å². The molecule has 26 heavy (non-hydrogen) atoms. The van der Waals surface area contributed by atoms with Crippen molar-refractivity contribution in [2.45, 2.75) is 65.7 Å². The van der Waals surface area contributed by atoms with Crippen LogP contribution in [0.2, 0.25) is 0 Å². The van der Waals surface area contributed by atoms with Crippen molar-refractivity contribution >= 4 is 5.97 Å². The molecule has 0 amide bonds. The Morgan fingerprint density at radius 1 is 1.38 bits per heavy atom. The Hall–Kier alpha value is -1.95. The number of carbonyl (C=O) groups excluding carboxylic acids is 1. The fourth-order valence-corrected chi connectivity index (χ4v) is 5.59. The lowest BCUT2D eigenvalue weighted by Crippen LogP contribution is -2.51. The van der Waals surface area contributed by atoms with Crippen molar-refractivity contribution in [3.8, 4) is 12.3 Å². The second-order valence-corrected chi connectivity index (χ2v) is 8.45. The average molecular weight is 354 g/mol. The van der Waals surface area contributed by atoms with Gasteiger partial charge in [0.1, 0.15) is 0 Å². The number of furan rings is 1. The van der Waals surface area contributed by atoms with Crippen LogP contribution in [0.5, 0.6) is 0 Å². The maximum atomic E-state index is 12.9. The number of esters is 1. The number of ether oxygens (including phenoxy) is 1. The highest BCUT2D eigenvalue weighted by atomic mass is 16.5. The minimum atomic E-state index is -0.439. The number of carbonyl (C=O) groups is 1. The number of rotatable bonds is 5. The molecule has 0 radical (unpaired) electrons. The van der Waals surface area contributed by atoms with E-state index >= 15 is 0 Å². The molecule has 0 bridgehead atoms. The number of terminal acetylenes is 1. The van der Waals surface area contributed by atoms with Gasteiger partial charge in [-0.05, 0) is 75.3 Å². The van der Waals surface area contributed by atoms with E-state index in [1.165, 1.54) is 11.1 Å². The molecular formula is C23H30O3. The largest absolute Gasteiger partial charge is 0.472 e. The van der Waals surface area contributed by atoms with E-state index in [1.54, 1.807) is 11.8 Å². The van der Waals surface area contributed by atoms with Crippen molar-refractivity contribution in [3.05, 3.63) is 35.3 Å². The first kappa shape index (κ1) is 18.8. The molecule has 0 saturated heterocycles. The van der Waals surface area contributed by atoms with E-state index in [2.05, 4.69) is 26.7 Å². The molecule has 3 atom stereocenters. The maximum absolute atomic E-state index is 12.9. The summed E-state index contributed by atoms with van der Waals surface area (Å²) in [5.41, 5.74) is 3.92. The minimum Gasteiger partial charge on any atom is -0.472 e. The summed E-state index contributed by atoms with van der Waals surface area (Å²) in [5, 5.41) is 0. The summed E-state index contributed by atoms with van der Waals surface area (Å²) in [5.74, 6) is 2.63. The van der Waals surface area contributed by atoms with E-state index in [4.69, 9.17) is 15.6 Å². The molecule has 0 aromatic carbocycles. The van der Waals surface area contributed by atoms with Crippen LogP contribution in [0.25, 0.3) is 0 Å². The zero-order valence-corrected chi connectivity index (χ0v) is 16.3. The van der Waals surface area contributed by atoms with Crippen molar-refractivity contribution in [2.24, 2.45) is 16.7 Å².